The van der Waals surface area contributed by atoms with E-state index in [9.17, 15) is 15.0 Å². The van der Waals surface area contributed by atoms with Crippen LogP contribution in [0.2, 0.25) is 0 Å². The van der Waals surface area contributed by atoms with Gasteiger partial charge in [-0.25, -0.2) is 0 Å². The number of aliphatic hydroxyl groups is 1. The fourth-order valence-corrected chi connectivity index (χ4v) is 3.72. The zero-order chi connectivity index (χ0) is 19.4. The van der Waals surface area contributed by atoms with Crippen LogP contribution in [0.15, 0.2) is 18.2 Å². The average Bonchev–Trinajstić information content (AvgIpc) is 2.94. The second kappa shape index (κ2) is 8.45. The number of hydrogen-bond acceptors (Lipinski definition) is 5. The molecule has 1 aliphatic carbocycles. The summed E-state index contributed by atoms with van der Waals surface area (Å²) < 4.78 is 12.5. The molecule has 4 N–H and O–H groups in total. The number of carbonyl (C=O) groups is 1. The summed E-state index contributed by atoms with van der Waals surface area (Å²) in [4.78, 5) is 11.7. The quantitative estimate of drug-likeness (QED) is 0.610. The lowest BCUT2D eigenvalue weighted by molar-refractivity contribution is 0.0992. The Bertz CT molecular complexity index is 828. The number of rotatable bonds is 8. The first-order chi connectivity index (χ1) is 13.1. The van der Waals surface area contributed by atoms with Crippen molar-refractivity contribution in [2.45, 2.75) is 32.1 Å². The topological polar surface area (TPSA) is 107 Å². The van der Waals surface area contributed by atoms with Crippen molar-refractivity contribution in [3.05, 3.63) is 40.6 Å². The lowest BCUT2D eigenvalue weighted by Gasteiger charge is -2.17. The van der Waals surface area contributed by atoms with Crippen LogP contribution in [-0.4, -0.2) is 47.6 Å². The first-order valence-electron chi connectivity index (χ1n) is 9.19. The highest BCUT2D eigenvalue weighted by atomic mass is 16.5. The van der Waals surface area contributed by atoms with Gasteiger partial charge in [0.25, 0.3) is 5.91 Å². The van der Waals surface area contributed by atoms with Crippen molar-refractivity contribution in [3.63, 3.8) is 0 Å². The van der Waals surface area contributed by atoms with Gasteiger partial charge < -0.3 is 25.4 Å². The van der Waals surface area contributed by atoms with Gasteiger partial charge in [0.1, 0.15) is 12.4 Å². The van der Waals surface area contributed by atoms with Gasteiger partial charge in [-0.1, -0.05) is 0 Å². The van der Waals surface area contributed by atoms with Crippen molar-refractivity contribution in [3.8, 4) is 17.3 Å². The minimum atomic E-state index is -0.575. The Labute approximate surface area is 158 Å². The third-order valence-corrected chi connectivity index (χ3v) is 4.95. The minimum absolute atomic E-state index is 0.0179. The highest BCUT2D eigenvalue weighted by molar-refractivity contribution is 5.96. The van der Waals surface area contributed by atoms with Crippen molar-refractivity contribution < 1.29 is 24.5 Å². The Hall–Kier alpha value is -2.51. The number of fused-ring (bicyclic) bond motifs is 1. The fourth-order valence-electron chi connectivity index (χ4n) is 3.72. The van der Waals surface area contributed by atoms with Crippen LogP contribution < -0.4 is 10.5 Å². The van der Waals surface area contributed by atoms with Gasteiger partial charge in [0, 0.05) is 37.5 Å². The van der Waals surface area contributed by atoms with Crippen LogP contribution in [0.5, 0.6) is 11.6 Å². The Morgan fingerprint density at radius 3 is 2.74 bits per heavy atom. The van der Waals surface area contributed by atoms with Crippen LogP contribution in [0.3, 0.4) is 0 Å². The predicted octanol–water partition coefficient (Wildman–Crippen LogP) is 1.72. The first kappa shape index (κ1) is 19.3. The molecule has 0 fully saturated rings. The molecule has 1 aliphatic rings. The molecule has 3 rings (SSSR count). The number of nitrogens with two attached hydrogens (primary N) is 1. The number of aromatic nitrogens is 1. The van der Waals surface area contributed by atoms with E-state index in [-0.39, 0.29) is 24.7 Å². The van der Waals surface area contributed by atoms with Gasteiger partial charge in [0.15, 0.2) is 5.88 Å². The maximum Gasteiger partial charge on any atom is 0.252 e. The van der Waals surface area contributed by atoms with E-state index in [2.05, 4.69) is 0 Å². The number of nitrogens with zero attached hydrogens (tertiary/aromatic N) is 1. The molecule has 0 saturated carbocycles. The Kier molecular flexibility index (Phi) is 6.03. The molecule has 1 amide bonds. The molecule has 0 atom stereocenters. The maximum absolute atomic E-state index is 11.7. The van der Waals surface area contributed by atoms with Crippen LogP contribution in [0.25, 0.3) is 5.69 Å². The van der Waals surface area contributed by atoms with Crippen LogP contribution in [0.1, 0.15) is 40.0 Å². The van der Waals surface area contributed by atoms with Crippen molar-refractivity contribution in [2.24, 2.45) is 5.73 Å². The first-order valence-corrected chi connectivity index (χ1v) is 9.19. The van der Waals surface area contributed by atoms with Gasteiger partial charge in [-0.2, -0.15) is 0 Å². The number of aliphatic hydroxyl groups excluding tert-OH is 1. The molecule has 1 aromatic carbocycles. The number of benzene rings is 1. The molecule has 2 aromatic rings. The van der Waals surface area contributed by atoms with Gasteiger partial charge >= 0.3 is 0 Å². The molecule has 0 radical (unpaired) electrons. The van der Waals surface area contributed by atoms with Gasteiger partial charge in [-0.15, -0.1) is 0 Å². The summed E-state index contributed by atoms with van der Waals surface area (Å²) in [5, 5.41) is 20.2. The highest BCUT2D eigenvalue weighted by Crippen LogP contribution is 2.38. The molecule has 1 heterocycles. The summed E-state index contributed by atoms with van der Waals surface area (Å²) in [7, 11) is 1.57. The van der Waals surface area contributed by atoms with Gasteiger partial charge in [-0.05, 0) is 43.4 Å². The smallest absolute Gasteiger partial charge is 0.252 e. The van der Waals surface area contributed by atoms with Crippen molar-refractivity contribution in [1.82, 2.24) is 4.57 Å². The summed E-state index contributed by atoms with van der Waals surface area (Å²) in [6.07, 6.45) is 4.28. The van der Waals surface area contributed by atoms with E-state index in [1.54, 1.807) is 29.9 Å². The van der Waals surface area contributed by atoms with E-state index < -0.39 is 5.91 Å². The number of hydrogen-bond donors (Lipinski definition) is 3. The molecule has 146 valence electrons. The second-order valence-corrected chi connectivity index (χ2v) is 6.63. The second-order valence-electron chi connectivity index (χ2n) is 6.63. The zero-order valence-electron chi connectivity index (χ0n) is 15.5. The Morgan fingerprint density at radius 2 is 2.04 bits per heavy atom. The van der Waals surface area contributed by atoms with E-state index in [1.165, 1.54) is 0 Å². The number of carbonyl (C=O) groups excluding carboxylic acids is 1. The highest BCUT2D eigenvalue weighted by Gasteiger charge is 2.25. The third kappa shape index (κ3) is 3.79. The standard InChI is InChI=1S/C20H26N2O5/c1-26-10-11-27-18-12-13(6-7-16(18)19(21)24)22-17-5-3-2-4-14(17)15(8-9-23)20(22)25/h6-7,12,23,25H,2-5,8-11H2,1H3,(H2,21,24). The van der Waals surface area contributed by atoms with E-state index >= 15 is 0 Å². The summed E-state index contributed by atoms with van der Waals surface area (Å²) in [6.45, 7) is 0.648. The van der Waals surface area contributed by atoms with Gasteiger partial charge in [0.05, 0.1) is 17.9 Å². The molecular formula is C20H26N2O5. The Morgan fingerprint density at radius 1 is 1.26 bits per heavy atom. The molecule has 7 heteroatoms. The molecule has 0 saturated heterocycles. The predicted molar refractivity (Wildman–Crippen MR) is 101 cm³/mol. The molecule has 27 heavy (non-hydrogen) atoms. The summed E-state index contributed by atoms with van der Waals surface area (Å²) in [6, 6.07) is 5.08. The SMILES string of the molecule is COCCOc1cc(-n2c(O)c(CCO)c3c2CCCC3)ccc1C(N)=O. The van der Waals surface area contributed by atoms with E-state index in [4.69, 9.17) is 15.2 Å². The minimum Gasteiger partial charge on any atom is -0.494 e. The molecular weight excluding hydrogens is 348 g/mol. The molecule has 0 bridgehead atoms. The largest absolute Gasteiger partial charge is 0.494 e. The molecule has 0 spiro atoms. The summed E-state index contributed by atoms with van der Waals surface area (Å²) in [5.41, 5.74) is 9.41. The average molecular weight is 374 g/mol. The lowest BCUT2D eigenvalue weighted by atomic mass is 9.94. The maximum atomic E-state index is 11.7. The van der Waals surface area contributed by atoms with E-state index in [1.807, 2.05) is 0 Å². The number of methoxy groups -OCH3 is 1. The monoisotopic (exact) mass is 374 g/mol. The number of primary amides is 1. The summed E-state index contributed by atoms with van der Waals surface area (Å²) in [5.74, 6) is -0.0715. The van der Waals surface area contributed by atoms with Crippen LogP contribution in [0.4, 0.5) is 0 Å². The third-order valence-electron chi connectivity index (χ3n) is 4.95. The summed E-state index contributed by atoms with van der Waals surface area (Å²) >= 11 is 0. The normalized spacial score (nSPS) is 13.4. The van der Waals surface area contributed by atoms with E-state index in [0.717, 1.165) is 42.5 Å². The lowest BCUT2D eigenvalue weighted by Crippen LogP contribution is -2.15. The Balaban J connectivity index is 2.08. The van der Waals surface area contributed by atoms with Crippen LogP contribution in [0, 0.1) is 0 Å². The molecule has 0 aliphatic heterocycles. The van der Waals surface area contributed by atoms with Crippen molar-refractivity contribution in [2.75, 3.05) is 26.9 Å². The number of ether oxygens (including phenoxy) is 2. The van der Waals surface area contributed by atoms with Gasteiger partial charge in [-0.3, -0.25) is 9.36 Å². The van der Waals surface area contributed by atoms with E-state index in [0.29, 0.717) is 24.5 Å². The number of amides is 1. The van der Waals surface area contributed by atoms with Crippen molar-refractivity contribution in [1.29, 1.82) is 0 Å². The van der Waals surface area contributed by atoms with Crippen molar-refractivity contribution >= 4 is 5.91 Å². The van der Waals surface area contributed by atoms with Crippen LogP contribution in [-0.2, 0) is 24.0 Å². The molecule has 1 aromatic heterocycles. The van der Waals surface area contributed by atoms with Gasteiger partial charge in [0.2, 0.25) is 0 Å². The molecule has 7 nitrogen and oxygen atoms in total. The number of aromatic hydroxyl groups is 1. The fraction of sp³-hybridized carbons (Fsp3) is 0.450. The zero-order valence-corrected chi connectivity index (χ0v) is 15.5. The molecule has 0 unspecified atom stereocenters. The van der Waals surface area contributed by atoms with Crippen LogP contribution >= 0.6 is 0 Å².